The van der Waals surface area contributed by atoms with E-state index < -0.39 is 0 Å². The zero-order valence-corrected chi connectivity index (χ0v) is 9.40. The Hall–Kier alpha value is -1.69. The second-order valence-corrected chi connectivity index (χ2v) is 4.22. The Labute approximate surface area is 95.4 Å². The molecule has 0 radical (unpaired) electrons. The van der Waals surface area contributed by atoms with Crippen LogP contribution in [0.3, 0.4) is 0 Å². The first kappa shape index (κ1) is 10.8. The van der Waals surface area contributed by atoms with Gasteiger partial charge in [-0.15, -0.1) is 6.42 Å². The summed E-state index contributed by atoms with van der Waals surface area (Å²) >= 11 is 0. The second kappa shape index (κ2) is 4.44. The van der Waals surface area contributed by atoms with Crippen molar-refractivity contribution in [1.29, 1.82) is 0 Å². The number of furan rings is 1. The van der Waals surface area contributed by atoms with E-state index in [1.54, 1.807) is 6.07 Å². The molecule has 1 aliphatic rings. The average Bonchev–Trinajstić information content (AvgIpc) is 2.92. The van der Waals surface area contributed by atoms with Crippen molar-refractivity contribution in [1.82, 2.24) is 0 Å². The summed E-state index contributed by atoms with van der Waals surface area (Å²) in [4.78, 5) is 13.1. The third-order valence-electron chi connectivity index (χ3n) is 2.71. The van der Waals surface area contributed by atoms with Gasteiger partial charge in [0.15, 0.2) is 17.4 Å². The van der Waals surface area contributed by atoms with E-state index in [1.165, 1.54) is 19.8 Å². The van der Waals surface area contributed by atoms with Gasteiger partial charge in [-0.05, 0) is 24.8 Å². The highest BCUT2D eigenvalue weighted by molar-refractivity contribution is 5.91. The molecule has 0 bridgehead atoms. The Morgan fingerprint density at radius 2 is 2.38 bits per heavy atom. The highest BCUT2D eigenvalue weighted by Crippen LogP contribution is 2.31. The lowest BCUT2D eigenvalue weighted by Gasteiger charge is -2.18. The number of Topliss-reactive ketones (excluding diaryl/α,β-unsaturated/α-hetero) is 1. The molecule has 0 unspecified atom stereocenters. The Morgan fingerprint density at radius 3 is 2.88 bits per heavy atom. The zero-order valence-electron chi connectivity index (χ0n) is 9.40. The topological polar surface area (TPSA) is 33.5 Å². The van der Waals surface area contributed by atoms with Crippen LogP contribution in [0.5, 0.6) is 0 Å². The van der Waals surface area contributed by atoms with E-state index in [0.29, 0.717) is 18.2 Å². The summed E-state index contributed by atoms with van der Waals surface area (Å²) in [6.07, 6.45) is 7.86. The molecule has 0 aromatic carbocycles. The smallest absolute Gasteiger partial charge is 0.197 e. The largest absolute Gasteiger partial charge is 0.437 e. The van der Waals surface area contributed by atoms with Gasteiger partial charge in [0.2, 0.25) is 0 Å². The summed E-state index contributed by atoms with van der Waals surface area (Å²) in [6, 6.07) is 3.52. The maximum Gasteiger partial charge on any atom is 0.197 e. The number of carbonyl (C=O) groups excluding carboxylic acids is 1. The van der Waals surface area contributed by atoms with Crippen LogP contribution >= 0.6 is 0 Å². The summed E-state index contributed by atoms with van der Waals surface area (Å²) in [7, 11) is 0. The van der Waals surface area contributed by atoms with Crippen LogP contribution in [0.2, 0.25) is 0 Å². The predicted molar refractivity (Wildman–Crippen MR) is 62.5 cm³/mol. The molecule has 2 rings (SSSR count). The van der Waals surface area contributed by atoms with E-state index >= 15 is 0 Å². The fourth-order valence-corrected chi connectivity index (χ4v) is 1.64. The molecular weight excluding hydrogens is 202 g/mol. The average molecular weight is 217 g/mol. The van der Waals surface area contributed by atoms with Crippen molar-refractivity contribution in [2.45, 2.75) is 19.8 Å². The zero-order chi connectivity index (χ0) is 11.5. The van der Waals surface area contributed by atoms with Crippen molar-refractivity contribution in [3.8, 4) is 12.3 Å². The van der Waals surface area contributed by atoms with Crippen molar-refractivity contribution >= 4 is 11.7 Å². The van der Waals surface area contributed by atoms with E-state index in [4.69, 9.17) is 10.8 Å². The second-order valence-electron chi connectivity index (χ2n) is 4.22. The van der Waals surface area contributed by atoms with Crippen LogP contribution in [-0.2, 0) is 0 Å². The lowest BCUT2D eigenvalue weighted by molar-refractivity contribution is 0.0988. The number of terminal acetylenes is 1. The SMILES string of the molecule is C#CCN(CC1CC1)c1ccc(C(C)=O)o1. The predicted octanol–water partition coefficient (Wildman–Crippen LogP) is 2.33. The van der Waals surface area contributed by atoms with E-state index in [2.05, 4.69) is 5.92 Å². The molecule has 0 N–H and O–H groups in total. The number of anilines is 1. The number of ketones is 1. The molecule has 3 heteroatoms. The Bertz CT molecular complexity index is 423. The van der Waals surface area contributed by atoms with Crippen LogP contribution in [-0.4, -0.2) is 18.9 Å². The third-order valence-corrected chi connectivity index (χ3v) is 2.71. The minimum Gasteiger partial charge on any atom is -0.437 e. The van der Waals surface area contributed by atoms with Gasteiger partial charge in [-0.25, -0.2) is 0 Å². The molecule has 1 aromatic heterocycles. The first-order valence-electron chi connectivity index (χ1n) is 5.50. The number of rotatable bonds is 5. The summed E-state index contributed by atoms with van der Waals surface area (Å²) < 4.78 is 5.47. The molecule has 16 heavy (non-hydrogen) atoms. The standard InChI is InChI=1S/C13H15NO2/c1-3-8-14(9-11-4-5-11)13-7-6-12(16-13)10(2)15/h1,6-7,11H,4-5,8-9H2,2H3. The minimum absolute atomic E-state index is 0.0571. The molecule has 0 atom stereocenters. The molecule has 1 aromatic rings. The van der Waals surface area contributed by atoms with Crippen molar-refractivity contribution in [3.05, 3.63) is 17.9 Å². The molecule has 0 spiro atoms. The van der Waals surface area contributed by atoms with Gasteiger partial charge in [0.05, 0.1) is 6.54 Å². The molecule has 1 heterocycles. The molecule has 0 saturated heterocycles. The molecular formula is C13H15NO2. The molecule has 84 valence electrons. The van der Waals surface area contributed by atoms with Gasteiger partial charge in [-0.2, -0.15) is 0 Å². The summed E-state index contributed by atoms with van der Waals surface area (Å²) in [5, 5.41) is 0. The Balaban J connectivity index is 2.10. The lowest BCUT2D eigenvalue weighted by atomic mass is 10.3. The Morgan fingerprint density at radius 1 is 1.62 bits per heavy atom. The number of carbonyl (C=O) groups is 1. The van der Waals surface area contributed by atoms with Gasteiger partial charge < -0.3 is 9.32 Å². The van der Waals surface area contributed by atoms with Gasteiger partial charge in [0.25, 0.3) is 0 Å². The quantitative estimate of drug-likeness (QED) is 0.560. The van der Waals surface area contributed by atoms with Crippen LogP contribution in [0.15, 0.2) is 16.5 Å². The van der Waals surface area contributed by atoms with E-state index in [1.807, 2.05) is 11.0 Å². The van der Waals surface area contributed by atoms with Crippen LogP contribution in [0.4, 0.5) is 5.88 Å². The van der Waals surface area contributed by atoms with Gasteiger partial charge in [0, 0.05) is 19.5 Å². The molecule has 0 amide bonds. The van der Waals surface area contributed by atoms with Crippen LogP contribution in [0.25, 0.3) is 0 Å². The lowest BCUT2D eigenvalue weighted by Crippen LogP contribution is -2.25. The van der Waals surface area contributed by atoms with Gasteiger partial charge >= 0.3 is 0 Å². The van der Waals surface area contributed by atoms with Crippen LogP contribution in [0.1, 0.15) is 30.3 Å². The van der Waals surface area contributed by atoms with Gasteiger partial charge in [-0.3, -0.25) is 4.79 Å². The summed E-state index contributed by atoms with van der Waals surface area (Å²) in [6.45, 7) is 2.95. The number of hydrogen-bond acceptors (Lipinski definition) is 3. The minimum atomic E-state index is -0.0571. The first-order valence-corrected chi connectivity index (χ1v) is 5.50. The van der Waals surface area contributed by atoms with E-state index in [9.17, 15) is 4.79 Å². The maximum absolute atomic E-state index is 11.1. The normalized spacial score (nSPS) is 14.5. The van der Waals surface area contributed by atoms with Crippen molar-refractivity contribution < 1.29 is 9.21 Å². The summed E-state index contributed by atoms with van der Waals surface area (Å²) in [5.41, 5.74) is 0. The van der Waals surface area contributed by atoms with Crippen molar-refractivity contribution in [2.24, 2.45) is 5.92 Å². The molecule has 3 nitrogen and oxygen atoms in total. The number of nitrogens with zero attached hydrogens (tertiary/aromatic N) is 1. The summed E-state index contributed by atoms with van der Waals surface area (Å²) in [5.74, 6) is 4.40. The van der Waals surface area contributed by atoms with Crippen molar-refractivity contribution in [3.63, 3.8) is 0 Å². The van der Waals surface area contributed by atoms with E-state index in [0.717, 1.165) is 12.5 Å². The molecule has 1 fully saturated rings. The van der Waals surface area contributed by atoms with Crippen LogP contribution < -0.4 is 4.90 Å². The molecule has 0 aliphatic heterocycles. The van der Waals surface area contributed by atoms with E-state index in [-0.39, 0.29) is 5.78 Å². The van der Waals surface area contributed by atoms with Gasteiger partial charge in [0.1, 0.15) is 0 Å². The fourth-order valence-electron chi connectivity index (χ4n) is 1.64. The fraction of sp³-hybridized carbons (Fsp3) is 0.462. The van der Waals surface area contributed by atoms with Gasteiger partial charge in [-0.1, -0.05) is 5.92 Å². The first-order chi connectivity index (χ1) is 7.70. The third kappa shape index (κ3) is 2.46. The van der Waals surface area contributed by atoms with Crippen LogP contribution in [0, 0.1) is 18.3 Å². The monoisotopic (exact) mass is 217 g/mol. The molecule has 1 aliphatic carbocycles. The Kier molecular flexibility index (Phi) is 3.00. The van der Waals surface area contributed by atoms with Crippen molar-refractivity contribution in [2.75, 3.05) is 18.0 Å². The highest BCUT2D eigenvalue weighted by Gasteiger charge is 2.25. The highest BCUT2D eigenvalue weighted by atomic mass is 16.4. The number of hydrogen-bond donors (Lipinski definition) is 0. The molecule has 1 saturated carbocycles. The maximum atomic E-state index is 11.1.